The fourth-order valence-electron chi connectivity index (χ4n) is 1.98. The molecule has 1 aliphatic heterocycles. The molecular formula is C8H16ClNO. The first-order valence-corrected chi connectivity index (χ1v) is 4.32. The lowest BCUT2D eigenvalue weighted by Crippen LogP contribution is -2.49. The van der Waals surface area contributed by atoms with Crippen molar-refractivity contribution in [1.29, 1.82) is 0 Å². The van der Waals surface area contributed by atoms with Crippen LogP contribution in [-0.2, 0) is 4.74 Å². The summed E-state index contributed by atoms with van der Waals surface area (Å²) in [4.78, 5) is 0. The van der Waals surface area contributed by atoms with Gasteiger partial charge < -0.3 is 10.1 Å². The van der Waals surface area contributed by atoms with Gasteiger partial charge in [-0.05, 0) is 12.8 Å². The minimum Gasteiger partial charge on any atom is -0.375 e. The lowest BCUT2D eigenvalue weighted by molar-refractivity contribution is -0.0235. The molecule has 0 aromatic carbocycles. The van der Waals surface area contributed by atoms with Gasteiger partial charge in [-0.1, -0.05) is 12.8 Å². The van der Waals surface area contributed by atoms with Crippen molar-refractivity contribution in [2.45, 2.75) is 37.8 Å². The highest BCUT2D eigenvalue weighted by molar-refractivity contribution is 5.85. The molecule has 2 rings (SSSR count). The van der Waals surface area contributed by atoms with Gasteiger partial charge in [0, 0.05) is 12.6 Å². The average Bonchev–Trinajstić information content (AvgIpc) is 2.05. The molecule has 66 valence electrons. The second kappa shape index (κ2) is 4.29. The maximum atomic E-state index is 5.62. The van der Waals surface area contributed by atoms with Gasteiger partial charge >= 0.3 is 0 Å². The molecule has 1 N–H and O–H groups in total. The number of ether oxygens (including phenoxy) is 1. The van der Waals surface area contributed by atoms with Crippen molar-refractivity contribution in [2.75, 3.05) is 13.2 Å². The predicted molar refractivity (Wildman–Crippen MR) is 47.2 cm³/mol. The van der Waals surface area contributed by atoms with Gasteiger partial charge in [-0.15, -0.1) is 12.4 Å². The molecule has 2 unspecified atom stereocenters. The van der Waals surface area contributed by atoms with E-state index in [1.165, 1.54) is 25.7 Å². The molecule has 0 aromatic rings. The van der Waals surface area contributed by atoms with E-state index in [1.807, 2.05) is 0 Å². The van der Waals surface area contributed by atoms with E-state index in [0.717, 1.165) is 13.2 Å². The van der Waals surface area contributed by atoms with E-state index >= 15 is 0 Å². The summed E-state index contributed by atoms with van der Waals surface area (Å²) in [7, 11) is 0. The molecule has 1 heterocycles. The minimum absolute atomic E-state index is 0. The lowest BCUT2D eigenvalue weighted by atomic mass is 9.92. The number of hydrogen-bond acceptors (Lipinski definition) is 2. The molecule has 0 aromatic heterocycles. The molecule has 1 saturated carbocycles. The zero-order valence-corrected chi connectivity index (χ0v) is 7.53. The first-order valence-electron chi connectivity index (χ1n) is 4.32. The molecular weight excluding hydrogens is 162 g/mol. The van der Waals surface area contributed by atoms with Crippen LogP contribution in [-0.4, -0.2) is 25.3 Å². The third-order valence-electron chi connectivity index (χ3n) is 2.54. The molecule has 11 heavy (non-hydrogen) atoms. The van der Waals surface area contributed by atoms with Crippen LogP contribution in [0.3, 0.4) is 0 Å². The Morgan fingerprint density at radius 1 is 1.18 bits per heavy atom. The highest BCUT2D eigenvalue weighted by Crippen LogP contribution is 2.22. The maximum absolute atomic E-state index is 5.62. The Labute approximate surface area is 74.1 Å². The number of rotatable bonds is 0. The summed E-state index contributed by atoms with van der Waals surface area (Å²) in [6.45, 7) is 1.97. The van der Waals surface area contributed by atoms with Crippen LogP contribution in [0.25, 0.3) is 0 Å². The van der Waals surface area contributed by atoms with Gasteiger partial charge in [-0.3, -0.25) is 0 Å². The van der Waals surface area contributed by atoms with Gasteiger partial charge in [-0.25, -0.2) is 0 Å². The zero-order chi connectivity index (χ0) is 6.81. The van der Waals surface area contributed by atoms with E-state index in [-0.39, 0.29) is 12.4 Å². The zero-order valence-electron chi connectivity index (χ0n) is 6.71. The normalized spacial score (nSPS) is 37.1. The minimum atomic E-state index is 0. The molecule has 3 heteroatoms. The average molecular weight is 178 g/mol. The second-order valence-electron chi connectivity index (χ2n) is 3.25. The van der Waals surface area contributed by atoms with Crippen LogP contribution in [0.1, 0.15) is 25.7 Å². The van der Waals surface area contributed by atoms with Gasteiger partial charge in [0.05, 0.1) is 12.7 Å². The SMILES string of the molecule is C1CCC2OCCNC2C1.Cl. The van der Waals surface area contributed by atoms with Crippen LogP contribution in [0.4, 0.5) is 0 Å². The van der Waals surface area contributed by atoms with Crippen LogP contribution in [0.2, 0.25) is 0 Å². The highest BCUT2D eigenvalue weighted by Gasteiger charge is 2.27. The number of fused-ring (bicyclic) bond motifs is 1. The second-order valence-corrected chi connectivity index (χ2v) is 3.25. The van der Waals surface area contributed by atoms with E-state index < -0.39 is 0 Å². The number of nitrogens with one attached hydrogen (secondary N) is 1. The van der Waals surface area contributed by atoms with Crippen molar-refractivity contribution in [1.82, 2.24) is 5.32 Å². The van der Waals surface area contributed by atoms with Gasteiger partial charge in [0.2, 0.25) is 0 Å². The predicted octanol–water partition coefficient (Wildman–Crippen LogP) is 1.34. The summed E-state index contributed by atoms with van der Waals surface area (Å²) in [5, 5.41) is 3.50. The van der Waals surface area contributed by atoms with E-state index in [9.17, 15) is 0 Å². The summed E-state index contributed by atoms with van der Waals surface area (Å²) in [6, 6.07) is 0.683. The number of halogens is 1. The summed E-state index contributed by atoms with van der Waals surface area (Å²) >= 11 is 0. The summed E-state index contributed by atoms with van der Waals surface area (Å²) in [6.07, 6.45) is 5.89. The molecule has 1 aliphatic carbocycles. The first kappa shape index (κ1) is 9.30. The molecule has 0 radical (unpaired) electrons. The summed E-state index contributed by atoms with van der Waals surface area (Å²) < 4.78 is 5.62. The Kier molecular flexibility index (Phi) is 3.63. The van der Waals surface area contributed by atoms with Crippen LogP contribution in [0.15, 0.2) is 0 Å². The fourth-order valence-corrected chi connectivity index (χ4v) is 1.98. The first-order chi connectivity index (χ1) is 4.97. The molecule has 2 aliphatic rings. The Morgan fingerprint density at radius 3 is 2.82 bits per heavy atom. The molecule has 2 atom stereocenters. The van der Waals surface area contributed by atoms with Crippen molar-refractivity contribution in [3.63, 3.8) is 0 Å². The van der Waals surface area contributed by atoms with Crippen molar-refractivity contribution >= 4 is 12.4 Å². The molecule has 0 bridgehead atoms. The topological polar surface area (TPSA) is 21.3 Å². The summed E-state index contributed by atoms with van der Waals surface area (Å²) in [5.74, 6) is 0. The lowest BCUT2D eigenvalue weighted by Gasteiger charge is -2.36. The Bertz CT molecular complexity index is 94.7. The van der Waals surface area contributed by atoms with E-state index in [0.29, 0.717) is 12.1 Å². The van der Waals surface area contributed by atoms with Crippen molar-refractivity contribution in [3.05, 3.63) is 0 Å². The monoisotopic (exact) mass is 177 g/mol. The number of hydrogen-bond donors (Lipinski definition) is 1. The molecule has 2 nitrogen and oxygen atoms in total. The van der Waals surface area contributed by atoms with Gasteiger partial charge in [0.25, 0.3) is 0 Å². The van der Waals surface area contributed by atoms with Gasteiger partial charge in [0.1, 0.15) is 0 Å². The fraction of sp³-hybridized carbons (Fsp3) is 1.00. The van der Waals surface area contributed by atoms with Crippen LogP contribution in [0.5, 0.6) is 0 Å². The third kappa shape index (κ3) is 2.08. The van der Waals surface area contributed by atoms with E-state index in [2.05, 4.69) is 5.32 Å². The standard InChI is InChI=1S/C8H15NO.ClH/c1-2-4-8-7(3-1)9-5-6-10-8;/h7-9H,1-6H2;1H. The Morgan fingerprint density at radius 2 is 2.00 bits per heavy atom. The largest absolute Gasteiger partial charge is 0.375 e. The molecule has 0 amide bonds. The van der Waals surface area contributed by atoms with Gasteiger partial charge in [-0.2, -0.15) is 0 Å². The van der Waals surface area contributed by atoms with E-state index in [4.69, 9.17) is 4.74 Å². The Hall–Kier alpha value is 0.210. The van der Waals surface area contributed by atoms with Crippen LogP contribution in [0, 0.1) is 0 Å². The molecule has 1 saturated heterocycles. The summed E-state index contributed by atoms with van der Waals surface area (Å²) in [5.41, 5.74) is 0. The van der Waals surface area contributed by atoms with Gasteiger partial charge in [0.15, 0.2) is 0 Å². The highest BCUT2D eigenvalue weighted by atomic mass is 35.5. The quantitative estimate of drug-likeness (QED) is 0.603. The van der Waals surface area contributed by atoms with Crippen LogP contribution >= 0.6 is 12.4 Å². The van der Waals surface area contributed by atoms with E-state index in [1.54, 1.807) is 0 Å². The third-order valence-corrected chi connectivity index (χ3v) is 2.54. The van der Waals surface area contributed by atoms with Crippen molar-refractivity contribution in [2.24, 2.45) is 0 Å². The Balaban J connectivity index is 0.000000605. The smallest absolute Gasteiger partial charge is 0.0728 e. The van der Waals surface area contributed by atoms with Crippen LogP contribution < -0.4 is 5.32 Å². The maximum Gasteiger partial charge on any atom is 0.0728 e. The molecule has 2 fully saturated rings. The number of morpholine rings is 1. The molecule has 0 spiro atoms. The van der Waals surface area contributed by atoms with Crippen molar-refractivity contribution in [3.8, 4) is 0 Å². The van der Waals surface area contributed by atoms with Crippen molar-refractivity contribution < 1.29 is 4.74 Å².